The number of aryl methyl sites for hydroxylation is 1. The van der Waals surface area contributed by atoms with Crippen LogP contribution in [0.2, 0.25) is 0 Å². The van der Waals surface area contributed by atoms with Crippen molar-refractivity contribution in [1.82, 2.24) is 25.2 Å². The second kappa shape index (κ2) is 14.0. The Hall–Kier alpha value is -4.22. The summed E-state index contributed by atoms with van der Waals surface area (Å²) in [5, 5.41) is 7.92. The van der Waals surface area contributed by atoms with E-state index in [1.165, 1.54) is 23.7 Å². The normalized spacial score (nSPS) is 21.6. The van der Waals surface area contributed by atoms with E-state index in [-0.39, 0.29) is 54.9 Å². The van der Waals surface area contributed by atoms with Crippen LogP contribution >= 0.6 is 0 Å². The zero-order valence-electron chi connectivity index (χ0n) is 26.4. The highest BCUT2D eigenvalue weighted by molar-refractivity contribution is 5.99. The molecule has 1 saturated carbocycles. The number of alkyl halides is 8. The van der Waals surface area contributed by atoms with Gasteiger partial charge in [0.1, 0.15) is 16.7 Å². The molecule has 2 aromatic heterocycles. The predicted molar refractivity (Wildman–Crippen MR) is 159 cm³/mol. The number of pyridine rings is 1. The number of aromatic nitrogens is 3. The summed E-state index contributed by atoms with van der Waals surface area (Å²) in [5.41, 5.74) is -2.54. The number of hydrogen-bond donors (Lipinski definition) is 3. The lowest BCUT2D eigenvalue weighted by atomic mass is 9.85. The van der Waals surface area contributed by atoms with Gasteiger partial charge in [0.25, 0.3) is 18.2 Å². The summed E-state index contributed by atoms with van der Waals surface area (Å²) in [6.07, 6.45) is -11.2. The summed E-state index contributed by atoms with van der Waals surface area (Å²) in [6.45, 7) is 0.817. The lowest BCUT2D eigenvalue weighted by Gasteiger charge is -2.30. The molecule has 2 fully saturated rings. The first kappa shape index (κ1) is 36.1. The van der Waals surface area contributed by atoms with Crippen molar-refractivity contribution in [1.29, 1.82) is 0 Å². The minimum absolute atomic E-state index is 0.0119. The number of hydrogen-bond acceptors (Lipinski definition) is 7. The Morgan fingerprint density at radius 2 is 1.80 bits per heavy atom. The lowest BCUT2D eigenvalue weighted by molar-refractivity contribution is -0.182. The van der Waals surface area contributed by atoms with Gasteiger partial charge in [-0.15, -0.1) is 0 Å². The van der Waals surface area contributed by atoms with E-state index in [4.69, 9.17) is 9.47 Å². The number of imidazole rings is 1. The number of rotatable bonds is 10. The molecule has 10 nitrogen and oxygen atoms in total. The fraction of sp³-hybridized carbons (Fsp3) is 0.548. The van der Waals surface area contributed by atoms with Gasteiger partial charge in [-0.05, 0) is 69.2 Å². The Kier molecular flexibility index (Phi) is 10.3. The Morgan fingerprint density at radius 1 is 1.08 bits per heavy atom. The van der Waals surface area contributed by atoms with Crippen molar-refractivity contribution in [2.75, 3.05) is 18.5 Å². The summed E-state index contributed by atoms with van der Waals surface area (Å²) >= 11 is 0. The van der Waals surface area contributed by atoms with Crippen LogP contribution in [-0.2, 0) is 29.3 Å². The Morgan fingerprint density at radius 3 is 2.41 bits per heavy atom. The number of anilines is 2. The molecule has 2 aliphatic rings. The molecule has 1 aliphatic carbocycles. The Balaban J connectivity index is 1.41. The van der Waals surface area contributed by atoms with Gasteiger partial charge in [0, 0.05) is 26.2 Å². The predicted octanol–water partition coefficient (Wildman–Crippen LogP) is 6.41. The number of benzene rings is 1. The maximum atomic E-state index is 14.0. The average molecular weight is 707 g/mol. The molecular formula is C31H34F8N6O4. The molecule has 1 aromatic carbocycles. The van der Waals surface area contributed by atoms with Crippen molar-refractivity contribution in [2.45, 2.75) is 82.4 Å². The molecule has 1 saturated heterocycles. The van der Waals surface area contributed by atoms with E-state index in [0.29, 0.717) is 25.0 Å². The van der Waals surface area contributed by atoms with Gasteiger partial charge in [0.2, 0.25) is 11.8 Å². The van der Waals surface area contributed by atoms with Crippen LogP contribution in [-0.4, -0.2) is 63.8 Å². The van der Waals surface area contributed by atoms with Crippen LogP contribution in [0, 0.1) is 5.92 Å². The van der Waals surface area contributed by atoms with Crippen molar-refractivity contribution >= 4 is 34.6 Å². The minimum atomic E-state index is -4.79. The molecule has 1 atom stereocenters. The first-order valence-corrected chi connectivity index (χ1v) is 15.5. The first-order chi connectivity index (χ1) is 22.9. The number of fused-ring (bicyclic) bond motifs is 1. The van der Waals surface area contributed by atoms with Crippen molar-refractivity contribution in [3.63, 3.8) is 0 Å². The van der Waals surface area contributed by atoms with Gasteiger partial charge in [-0.2, -0.15) is 31.3 Å². The van der Waals surface area contributed by atoms with Crippen LogP contribution < -0.4 is 20.7 Å². The van der Waals surface area contributed by atoms with E-state index < -0.39 is 71.9 Å². The standard InChI is InChI=1S/C31H34F8N6O4/c1-29(10-3-11-49-29)27(47)40-14-16-4-9-20(31(37,38)39)21(12-16)42-28-43-22-13-19(26(48-15-23(32)33)44-24(22)45(28)2)25(46)41-18-7-5-17(6-8-18)30(34,35)36/h4,9,12-13,17-18,23H,3,5-8,10-11,14-15H2,1-2H3,(H,40,47)(H,41,46)(H,42,43). The SMILES string of the molecule is Cn1c(Nc2cc(CNC(=O)C3(C)CCCO3)ccc2C(F)(F)F)nc2cc(C(=O)NC3CCC(C(F)(F)F)CC3)c(OCC(F)F)nc21. The van der Waals surface area contributed by atoms with Crippen molar-refractivity contribution in [3.8, 4) is 5.88 Å². The van der Waals surface area contributed by atoms with E-state index in [0.717, 1.165) is 12.1 Å². The van der Waals surface area contributed by atoms with E-state index in [2.05, 4.69) is 25.9 Å². The summed E-state index contributed by atoms with van der Waals surface area (Å²) in [4.78, 5) is 34.3. The van der Waals surface area contributed by atoms with Crippen LogP contribution in [0.3, 0.4) is 0 Å². The molecule has 18 heteroatoms. The molecule has 2 amide bonds. The molecule has 1 unspecified atom stereocenters. The van der Waals surface area contributed by atoms with Crippen molar-refractivity contribution in [3.05, 3.63) is 41.0 Å². The number of halogens is 8. The van der Waals surface area contributed by atoms with Gasteiger partial charge in [0.05, 0.1) is 17.2 Å². The molecule has 3 heterocycles. The van der Waals surface area contributed by atoms with Gasteiger partial charge in [-0.3, -0.25) is 14.2 Å². The number of carbonyl (C=O) groups excluding carboxylic acids is 2. The zero-order valence-corrected chi connectivity index (χ0v) is 26.4. The lowest BCUT2D eigenvalue weighted by Crippen LogP contribution is -2.43. The summed E-state index contributed by atoms with van der Waals surface area (Å²) in [6, 6.07) is 3.79. The number of ether oxygens (including phenoxy) is 2. The van der Waals surface area contributed by atoms with Gasteiger partial charge in [0.15, 0.2) is 12.3 Å². The van der Waals surface area contributed by atoms with Gasteiger partial charge in [-0.1, -0.05) is 6.07 Å². The van der Waals surface area contributed by atoms with Crippen LogP contribution in [0.15, 0.2) is 24.3 Å². The van der Waals surface area contributed by atoms with E-state index in [1.54, 1.807) is 6.92 Å². The molecule has 3 N–H and O–H groups in total. The smallest absolute Gasteiger partial charge is 0.418 e. The highest BCUT2D eigenvalue weighted by atomic mass is 19.4. The topological polar surface area (TPSA) is 119 Å². The van der Waals surface area contributed by atoms with Crippen LogP contribution in [0.4, 0.5) is 46.8 Å². The number of amides is 2. The van der Waals surface area contributed by atoms with Crippen LogP contribution in [0.25, 0.3) is 11.2 Å². The summed E-state index contributed by atoms with van der Waals surface area (Å²) in [5.74, 6) is -3.42. The molecule has 0 spiro atoms. The van der Waals surface area contributed by atoms with Gasteiger partial charge >= 0.3 is 12.4 Å². The quantitative estimate of drug-likeness (QED) is 0.209. The zero-order chi connectivity index (χ0) is 35.7. The molecule has 5 rings (SSSR count). The maximum Gasteiger partial charge on any atom is 0.418 e. The minimum Gasteiger partial charge on any atom is -0.471 e. The van der Waals surface area contributed by atoms with Crippen molar-refractivity contribution < 1.29 is 54.2 Å². The number of carbonyl (C=O) groups is 2. The van der Waals surface area contributed by atoms with Crippen molar-refractivity contribution in [2.24, 2.45) is 13.0 Å². The highest BCUT2D eigenvalue weighted by Gasteiger charge is 2.42. The third-order valence-electron chi connectivity index (χ3n) is 8.71. The largest absolute Gasteiger partial charge is 0.471 e. The third-order valence-corrected chi connectivity index (χ3v) is 8.71. The summed E-state index contributed by atoms with van der Waals surface area (Å²) in [7, 11) is 1.39. The van der Waals surface area contributed by atoms with E-state index >= 15 is 0 Å². The Labute approximate surface area is 274 Å². The first-order valence-electron chi connectivity index (χ1n) is 15.5. The second-order valence-electron chi connectivity index (χ2n) is 12.3. The second-order valence-corrected chi connectivity index (χ2v) is 12.3. The van der Waals surface area contributed by atoms with E-state index in [9.17, 15) is 44.7 Å². The molecule has 1 aliphatic heterocycles. The molecule has 49 heavy (non-hydrogen) atoms. The maximum absolute atomic E-state index is 14.0. The summed E-state index contributed by atoms with van der Waals surface area (Å²) < 4.78 is 119. The molecule has 268 valence electrons. The number of nitrogens with zero attached hydrogens (tertiary/aromatic N) is 3. The van der Waals surface area contributed by atoms with Crippen LogP contribution in [0.5, 0.6) is 5.88 Å². The molecule has 3 aromatic rings. The average Bonchev–Trinajstić information content (AvgIpc) is 3.60. The fourth-order valence-corrected chi connectivity index (χ4v) is 5.95. The fourth-order valence-electron chi connectivity index (χ4n) is 5.95. The molecule has 0 radical (unpaired) electrons. The van der Waals surface area contributed by atoms with Gasteiger partial charge in [-0.25, -0.2) is 13.8 Å². The number of nitrogens with one attached hydrogen (secondary N) is 3. The third kappa shape index (κ3) is 8.33. The van der Waals surface area contributed by atoms with E-state index in [1.807, 2.05) is 0 Å². The highest BCUT2D eigenvalue weighted by Crippen LogP contribution is 2.39. The monoisotopic (exact) mass is 706 g/mol. The Bertz CT molecular complexity index is 1680. The van der Waals surface area contributed by atoms with Gasteiger partial charge < -0.3 is 25.4 Å². The molecule has 0 bridgehead atoms. The molecular weight excluding hydrogens is 672 g/mol. The van der Waals surface area contributed by atoms with Crippen LogP contribution in [0.1, 0.15) is 66.9 Å².